The van der Waals surface area contributed by atoms with Gasteiger partial charge in [0.15, 0.2) is 11.5 Å². The van der Waals surface area contributed by atoms with E-state index in [4.69, 9.17) is 33.7 Å². The average Bonchev–Trinajstić information content (AvgIpc) is 3.51. The van der Waals surface area contributed by atoms with Crippen LogP contribution in [0.15, 0.2) is 30.9 Å². The van der Waals surface area contributed by atoms with Crippen molar-refractivity contribution in [1.29, 1.82) is 0 Å². The maximum atomic E-state index is 14.6. The van der Waals surface area contributed by atoms with E-state index in [0.29, 0.717) is 35.1 Å². The van der Waals surface area contributed by atoms with E-state index < -0.39 is 49.5 Å². The van der Waals surface area contributed by atoms with E-state index in [1.165, 1.54) is 18.7 Å². The normalized spacial score (nSPS) is 14.1. The van der Waals surface area contributed by atoms with Gasteiger partial charge in [-0.2, -0.15) is 0 Å². The number of aromatic nitrogens is 4. The van der Waals surface area contributed by atoms with Crippen molar-refractivity contribution in [2.75, 3.05) is 45.1 Å². The van der Waals surface area contributed by atoms with Crippen LogP contribution in [0.4, 0.5) is 15.0 Å². The van der Waals surface area contributed by atoms with Crippen molar-refractivity contribution in [2.45, 2.75) is 98.8 Å². The molecular formula is C37H56FN6O10P. The molecule has 0 spiro atoms. The van der Waals surface area contributed by atoms with Gasteiger partial charge in [-0.3, -0.25) is 9.36 Å². The van der Waals surface area contributed by atoms with Crippen LogP contribution in [-0.2, 0) is 55.1 Å². The number of anilines is 1. The predicted octanol–water partition coefficient (Wildman–Crippen LogP) is 6.17. The molecule has 1 amide bonds. The molecule has 3 N–H and O–H groups in total. The molecule has 3 atom stereocenters. The van der Waals surface area contributed by atoms with Crippen molar-refractivity contribution in [1.82, 2.24) is 24.8 Å². The smallest absolute Gasteiger partial charge is 0.408 e. The van der Waals surface area contributed by atoms with Crippen LogP contribution in [0.2, 0.25) is 0 Å². The number of carbonyl (C=O) groups is 3. The van der Waals surface area contributed by atoms with Gasteiger partial charge in [0, 0.05) is 13.0 Å². The van der Waals surface area contributed by atoms with Crippen LogP contribution < -0.4 is 11.1 Å². The Bertz CT molecular complexity index is 1770. The number of nitrogen functional groups attached to an aromatic ring is 1. The molecule has 0 fully saturated rings. The van der Waals surface area contributed by atoms with Gasteiger partial charge in [-0.25, -0.2) is 28.9 Å². The minimum absolute atomic E-state index is 0.0735. The number of amides is 1. The summed E-state index contributed by atoms with van der Waals surface area (Å²) in [5, 5.41) is 2.57. The number of hydrogen-bond acceptors (Lipinski definition) is 14. The number of nitrogens with two attached hydrogens (primary N) is 1. The highest BCUT2D eigenvalue weighted by Gasteiger charge is 2.28. The fraction of sp³-hybridized carbons (Fsp3) is 0.622. The molecule has 0 aliphatic rings. The second-order valence-corrected chi connectivity index (χ2v) is 16.9. The highest BCUT2D eigenvalue weighted by molar-refractivity contribution is 7.53. The van der Waals surface area contributed by atoms with E-state index in [1.54, 1.807) is 44.4 Å². The molecule has 2 aromatic heterocycles. The standard InChI is InChI=1S/C37H56FN6O10P/c1-24(2)18-28-11-10-27(20-29(28)38)26(5)34(45)51-16-17-53-55(48,23-49-15-12-44-22-42-31-32(39)40-21-41-33(31)44)52-14-9-13-50-35(46)30(19-25(3)4)43-36(47)54-37(6,7)8/h10-11,20-22,24-26,30H,9,12-19,23H2,1-8H3,(H,43,47)(H2,39,40,41)/t26?,30-,55?/m1/s1. The van der Waals surface area contributed by atoms with Gasteiger partial charge < -0.3 is 43.6 Å². The molecule has 2 heterocycles. The zero-order chi connectivity index (χ0) is 40.8. The van der Waals surface area contributed by atoms with Crippen LogP contribution in [0, 0.1) is 17.7 Å². The van der Waals surface area contributed by atoms with Crippen molar-refractivity contribution in [3.05, 3.63) is 47.8 Å². The summed E-state index contributed by atoms with van der Waals surface area (Å²) < 4.78 is 63.1. The Hall–Kier alpha value is -4.18. The van der Waals surface area contributed by atoms with E-state index in [0.717, 1.165) is 0 Å². The summed E-state index contributed by atoms with van der Waals surface area (Å²) in [6, 6.07) is 3.79. The molecular weight excluding hydrogens is 738 g/mol. The second kappa shape index (κ2) is 21.2. The number of nitrogens with one attached hydrogen (secondary N) is 1. The maximum Gasteiger partial charge on any atom is 0.408 e. The number of benzene rings is 1. The lowest BCUT2D eigenvalue weighted by molar-refractivity contribution is -0.147. The quantitative estimate of drug-likeness (QED) is 0.0506. The Morgan fingerprint density at radius 1 is 0.927 bits per heavy atom. The van der Waals surface area contributed by atoms with E-state index in [-0.39, 0.29) is 69.5 Å². The molecule has 0 bridgehead atoms. The van der Waals surface area contributed by atoms with Crippen molar-refractivity contribution in [3.8, 4) is 0 Å². The lowest BCUT2D eigenvalue weighted by atomic mass is 9.96. The fourth-order valence-corrected chi connectivity index (χ4v) is 6.54. The van der Waals surface area contributed by atoms with E-state index in [1.807, 2.05) is 27.7 Å². The second-order valence-electron chi connectivity index (χ2n) is 14.9. The first-order valence-electron chi connectivity index (χ1n) is 18.4. The zero-order valence-corrected chi connectivity index (χ0v) is 33.9. The summed E-state index contributed by atoms with van der Waals surface area (Å²) in [7, 11) is -3.94. The van der Waals surface area contributed by atoms with Crippen molar-refractivity contribution in [2.24, 2.45) is 11.8 Å². The molecule has 2 unspecified atom stereocenters. The van der Waals surface area contributed by atoms with Gasteiger partial charge in [-0.15, -0.1) is 0 Å². The number of nitrogens with zero attached hydrogens (tertiary/aromatic N) is 4. The molecule has 0 saturated carbocycles. The molecule has 18 heteroatoms. The summed E-state index contributed by atoms with van der Waals surface area (Å²) in [6.45, 7) is 14.1. The number of alkyl carbamates (subject to hydrolysis) is 1. The third-order valence-corrected chi connectivity index (χ3v) is 9.48. The van der Waals surface area contributed by atoms with Gasteiger partial charge in [0.05, 0.1) is 38.7 Å². The van der Waals surface area contributed by atoms with Gasteiger partial charge in [0.1, 0.15) is 42.3 Å². The highest BCUT2D eigenvalue weighted by atomic mass is 31.2. The lowest BCUT2D eigenvalue weighted by Crippen LogP contribution is -2.45. The predicted molar refractivity (Wildman–Crippen MR) is 203 cm³/mol. The molecule has 0 saturated heterocycles. The van der Waals surface area contributed by atoms with Crippen molar-refractivity contribution < 1.29 is 51.3 Å². The van der Waals surface area contributed by atoms with E-state index in [2.05, 4.69) is 20.3 Å². The number of esters is 2. The number of halogens is 1. The first-order valence-corrected chi connectivity index (χ1v) is 20.1. The molecule has 306 valence electrons. The Balaban J connectivity index is 1.55. The van der Waals surface area contributed by atoms with Crippen LogP contribution in [0.1, 0.15) is 85.3 Å². The fourth-order valence-electron chi connectivity index (χ4n) is 5.20. The molecule has 0 aliphatic heterocycles. The minimum Gasteiger partial charge on any atom is -0.464 e. The monoisotopic (exact) mass is 794 g/mol. The Labute approximate surface area is 321 Å². The van der Waals surface area contributed by atoms with Gasteiger partial charge >= 0.3 is 25.6 Å². The summed E-state index contributed by atoms with van der Waals surface area (Å²) in [5.41, 5.74) is 7.10. The number of rotatable bonds is 22. The molecule has 1 aromatic carbocycles. The number of fused-ring (bicyclic) bond motifs is 1. The Morgan fingerprint density at radius 2 is 1.64 bits per heavy atom. The SMILES string of the molecule is CC(C)Cc1ccc(C(C)C(=O)OCCOP(=O)(COCCn2cnc3c(N)ncnc32)OCCCOC(=O)[C@@H](CC(C)C)NC(=O)OC(C)(C)C)cc1F. The summed E-state index contributed by atoms with van der Waals surface area (Å²) in [6.07, 6.45) is 2.72. The average molecular weight is 795 g/mol. The van der Waals surface area contributed by atoms with Gasteiger partial charge in [0.2, 0.25) is 0 Å². The van der Waals surface area contributed by atoms with E-state index >= 15 is 0 Å². The number of imidazole rings is 1. The van der Waals surface area contributed by atoms with E-state index in [9.17, 15) is 23.3 Å². The number of hydrogen-bond donors (Lipinski definition) is 2. The summed E-state index contributed by atoms with van der Waals surface area (Å²) >= 11 is 0. The highest BCUT2D eigenvalue weighted by Crippen LogP contribution is 2.48. The van der Waals surface area contributed by atoms with Gasteiger partial charge in [-0.05, 0) is 69.6 Å². The van der Waals surface area contributed by atoms with Gasteiger partial charge in [-0.1, -0.05) is 39.8 Å². The molecule has 3 rings (SSSR count). The largest absolute Gasteiger partial charge is 0.464 e. The minimum atomic E-state index is -3.94. The molecule has 55 heavy (non-hydrogen) atoms. The lowest BCUT2D eigenvalue weighted by Gasteiger charge is -2.23. The molecule has 3 aromatic rings. The van der Waals surface area contributed by atoms with Crippen molar-refractivity contribution >= 4 is 42.6 Å². The third-order valence-electron chi connectivity index (χ3n) is 7.83. The van der Waals surface area contributed by atoms with Crippen LogP contribution in [0.3, 0.4) is 0 Å². The van der Waals surface area contributed by atoms with Crippen LogP contribution in [0.5, 0.6) is 0 Å². The maximum absolute atomic E-state index is 14.6. The molecule has 16 nitrogen and oxygen atoms in total. The molecule has 0 radical (unpaired) electrons. The first-order chi connectivity index (χ1) is 25.9. The molecule has 0 aliphatic carbocycles. The van der Waals surface area contributed by atoms with Crippen LogP contribution in [-0.4, -0.2) is 88.6 Å². The number of ether oxygens (including phenoxy) is 4. The van der Waals surface area contributed by atoms with Crippen LogP contribution in [0.25, 0.3) is 11.2 Å². The third kappa shape index (κ3) is 15.5. The van der Waals surface area contributed by atoms with Gasteiger partial charge in [0.25, 0.3) is 0 Å². The zero-order valence-electron chi connectivity index (χ0n) is 33.0. The first kappa shape index (κ1) is 45.2. The number of carbonyl (C=O) groups excluding carboxylic acids is 3. The summed E-state index contributed by atoms with van der Waals surface area (Å²) in [4.78, 5) is 50.3. The summed E-state index contributed by atoms with van der Waals surface area (Å²) in [5.74, 6) is -1.80. The van der Waals surface area contributed by atoms with Crippen molar-refractivity contribution in [3.63, 3.8) is 0 Å². The topological polar surface area (TPSA) is 205 Å². The Morgan fingerprint density at radius 3 is 2.31 bits per heavy atom. The van der Waals surface area contributed by atoms with Crippen LogP contribution >= 0.6 is 7.60 Å². The Kier molecular flexibility index (Phi) is 17.4.